The number of carbonyl (C=O) groups excluding carboxylic acids is 1. The van der Waals surface area contributed by atoms with Crippen LogP contribution in [0.2, 0.25) is 0 Å². The number of benzene rings is 2. The normalized spacial score (nSPS) is 11.3. The fourth-order valence-electron chi connectivity index (χ4n) is 2.87. The Morgan fingerprint density at radius 2 is 1.90 bits per heavy atom. The average molecular weight is 489 g/mol. The summed E-state index contributed by atoms with van der Waals surface area (Å²) < 4.78 is 23.3. The van der Waals surface area contributed by atoms with Crippen LogP contribution in [0.25, 0.3) is 11.0 Å². The number of furan rings is 1. The second kappa shape index (κ2) is 10.3. The molecule has 31 heavy (non-hydrogen) atoms. The molecular weight excluding hydrogens is 464 g/mol. The van der Waals surface area contributed by atoms with Crippen LogP contribution in [0.5, 0.6) is 17.2 Å². The number of fused-ring (bicyclic) bond motifs is 1. The number of halogens is 1. The second-order valence-electron chi connectivity index (χ2n) is 6.86. The van der Waals surface area contributed by atoms with Crippen LogP contribution in [0.4, 0.5) is 0 Å². The second-order valence-corrected chi connectivity index (χ2v) is 7.72. The van der Waals surface area contributed by atoms with Gasteiger partial charge < -0.3 is 18.6 Å². The van der Waals surface area contributed by atoms with Crippen LogP contribution in [0, 0.1) is 0 Å². The number of rotatable bonds is 9. The minimum absolute atomic E-state index is 0.0123. The number of hydrogen-bond acceptors (Lipinski definition) is 6. The summed E-state index contributed by atoms with van der Waals surface area (Å²) in [6.07, 6.45) is 1.54. The van der Waals surface area contributed by atoms with Crippen molar-refractivity contribution in [1.29, 1.82) is 0 Å². The monoisotopic (exact) mass is 488 g/mol. The molecule has 0 saturated heterocycles. The minimum atomic E-state index is -0.452. The van der Waals surface area contributed by atoms with Crippen molar-refractivity contribution in [2.24, 2.45) is 5.10 Å². The summed E-state index contributed by atoms with van der Waals surface area (Å²) in [5.41, 5.74) is 3.81. The summed E-state index contributed by atoms with van der Waals surface area (Å²) in [5.74, 6) is 1.68. The molecule has 0 aliphatic rings. The summed E-state index contributed by atoms with van der Waals surface area (Å²) in [7, 11) is 0. The number of nitrogens with zero attached hydrogens (tertiary/aromatic N) is 1. The van der Waals surface area contributed by atoms with Gasteiger partial charge in [-0.15, -0.1) is 0 Å². The minimum Gasteiger partial charge on any atom is -0.494 e. The summed E-state index contributed by atoms with van der Waals surface area (Å²) in [5, 5.41) is 4.83. The van der Waals surface area contributed by atoms with E-state index in [0.717, 1.165) is 21.2 Å². The third-order valence-electron chi connectivity index (χ3n) is 4.12. The molecule has 0 aliphatic heterocycles. The zero-order valence-electron chi connectivity index (χ0n) is 17.9. The third kappa shape index (κ3) is 5.79. The lowest BCUT2D eigenvalue weighted by atomic mass is 10.2. The Bertz CT molecular complexity index is 1090. The standard InChI is InChI=1S/C23H25BrN2O5/c1-5-28-17-7-8-19-15(9-17)10-22(31-19)23(27)26-25-13-16-11-20(29-6-2)21(12-18(16)24)30-14(3)4/h7-14H,5-6H2,1-4H3,(H,26,27)/b25-13+. The van der Waals surface area contributed by atoms with Crippen LogP contribution in [-0.2, 0) is 0 Å². The summed E-state index contributed by atoms with van der Waals surface area (Å²) in [4.78, 5) is 12.4. The lowest BCUT2D eigenvalue weighted by molar-refractivity contribution is 0.0929. The fraction of sp³-hybridized carbons (Fsp3) is 0.304. The van der Waals surface area contributed by atoms with E-state index in [2.05, 4.69) is 26.5 Å². The van der Waals surface area contributed by atoms with E-state index in [1.165, 1.54) is 6.21 Å². The summed E-state index contributed by atoms with van der Waals surface area (Å²) >= 11 is 3.51. The summed E-state index contributed by atoms with van der Waals surface area (Å²) in [6.45, 7) is 8.78. The van der Waals surface area contributed by atoms with Gasteiger partial charge in [0, 0.05) is 15.4 Å². The quantitative estimate of drug-likeness (QED) is 0.315. The van der Waals surface area contributed by atoms with Crippen molar-refractivity contribution in [2.75, 3.05) is 13.2 Å². The Morgan fingerprint density at radius 1 is 1.13 bits per heavy atom. The highest BCUT2D eigenvalue weighted by Crippen LogP contribution is 2.34. The van der Waals surface area contributed by atoms with Gasteiger partial charge in [0.15, 0.2) is 17.3 Å². The maximum atomic E-state index is 12.4. The Labute approximate surface area is 189 Å². The molecule has 0 fully saturated rings. The molecule has 0 bridgehead atoms. The number of hydrogen-bond donors (Lipinski definition) is 1. The Hall–Kier alpha value is -3.00. The van der Waals surface area contributed by atoms with E-state index in [-0.39, 0.29) is 11.9 Å². The van der Waals surface area contributed by atoms with Gasteiger partial charge in [-0.2, -0.15) is 5.10 Å². The van der Waals surface area contributed by atoms with Crippen molar-refractivity contribution in [2.45, 2.75) is 33.8 Å². The smallest absolute Gasteiger partial charge is 0.307 e. The van der Waals surface area contributed by atoms with E-state index < -0.39 is 5.91 Å². The molecule has 164 valence electrons. The average Bonchev–Trinajstić information content (AvgIpc) is 3.14. The van der Waals surface area contributed by atoms with E-state index in [9.17, 15) is 4.79 Å². The van der Waals surface area contributed by atoms with E-state index >= 15 is 0 Å². The molecule has 3 aromatic rings. The largest absolute Gasteiger partial charge is 0.494 e. The van der Waals surface area contributed by atoms with Crippen LogP contribution in [0.1, 0.15) is 43.8 Å². The Kier molecular flexibility index (Phi) is 7.57. The highest BCUT2D eigenvalue weighted by Gasteiger charge is 2.14. The predicted molar refractivity (Wildman–Crippen MR) is 124 cm³/mol. The molecule has 1 heterocycles. The highest BCUT2D eigenvalue weighted by atomic mass is 79.9. The molecule has 3 rings (SSSR count). The number of carbonyl (C=O) groups is 1. The van der Waals surface area contributed by atoms with Crippen LogP contribution in [0.3, 0.4) is 0 Å². The van der Waals surface area contributed by atoms with Crippen molar-refractivity contribution in [3.8, 4) is 17.2 Å². The topological polar surface area (TPSA) is 82.3 Å². The first-order valence-electron chi connectivity index (χ1n) is 10.0. The van der Waals surface area contributed by atoms with Gasteiger partial charge in [-0.25, -0.2) is 5.43 Å². The zero-order chi connectivity index (χ0) is 22.4. The maximum Gasteiger partial charge on any atom is 0.307 e. The Balaban J connectivity index is 1.74. The van der Waals surface area contributed by atoms with Gasteiger partial charge in [0.2, 0.25) is 0 Å². The molecule has 1 N–H and O–H groups in total. The Morgan fingerprint density at radius 3 is 2.61 bits per heavy atom. The highest BCUT2D eigenvalue weighted by molar-refractivity contribution is 9.10. The van der Waals surface area contributed by atoms with Crippen molar-refractivity contribution in [1.82, 2.24) is 5.43 Å². The first-order valence-corrected chi connectivity index (χ1v) is 10.8. The molecule has 8 heteroatoms. The molecule has 0 atom stereocenters. The van der Waals surface area contributed by atoms with Gasteiger partial charge in [0.05, 0.1) is 25.5 Å². The molecule has 0 spiro atoms. The van der Waals surface area contributed by atoms with E-state index in [4.69, 9.17) is 18.6 Å². The zero-order valence-corrected chi connectivity index (χ0v) is 19.5. The van der Waals surface area contributed by atoms with E-state index in [1.54, 1.807) is 24.3 Å². The van der Waals surface area contributed by atoms with Gasteiger partial charge in [0.25, 0.3) is 0 Å². The molecule has 1 aromatic heterocycles. The van der Waals surface area contributed by atoms with Crippen LogP contribution >= 0.6 is 15.9 Å². The first-order chi connectivity index (χ1) is 14.9. The molecule has 7 nitrogen and oxygen atoms in total. The molecule has 0 unspecified atom stereocenters. The van der Waals surface area contributed by atoms with Crippen molar-refractivity contribution in [3.63, 3.8) is 0 Å². The van der Waals surface area contributed by atoms with Crippen LogP contribution in [0.15, 0.2) is 50.4 Å². The molecule has 1 amide bonds. The molecule has 0 radical (unpaired) electrons. The van der Waals surface area contributed by atoms with Gasteiger partial charge in [-0.3, -0.25) is 4.79 Å². The maximum absolute atomic E-state index is 12.4. The van der Waals surface area contributed by atoms with E-state index in [1.807, 2.05) is 39.8 Å². The number of ether oxygens (including phenoxy) is 3. The molecular formula is C23H25BrN2O5. The number of nitrogens with one attached hydrogen (secondary N) is 1. The number of hydrazone groups is 1. The van der Waals surface area contributed by atoms with Crippen LogP contribution in [-0.4, -0.2) is 31.4 Å². The lowest BCUT2D eigenvalue weighted by Gasteiger charge is -2.15. The van der Waals surface area contributed by atoms with Gasteiger partial charge >= 0.3 is 5.91 Å². The first kappa shape index (κ1) is 22.7. The lowest BCUT2D eigenvalue weighted by Crippen LogP contribution is -2.16. The number of amides is 1. The van der Waals surface area contributed by atoms with Crippen molar-refractivity contribution in [3.05, 3.63) is 52.2 Å². The SMILES string of the molecule is CCOc1ccc2oc(C(=O)N/N=C/c3cc(OCC)c(OC(C)C)cc3Br)cc2c1. The van der Waals surface area contributed by atoms with Crippen LogP contribution < -0.4 is 19.6 Å². The molecule has 2 aromatic carbocycles. The third-order valence-corrected chi connectivity index (χ3v) is 4.80. The van der Waals surface area contributed by atoms with E-state index in [0.29, 0.717) is 30.3 Å². The van der Waals surface area contributed by atoms with Crippen molar-refractivity contribution >= 4 is 39.0 Å². The van der Waals surface area contributed by atoms with Gasteiger partial charge in [-0.05, 0) is 80.0 Å². The molecule has 0 aliphatic carbocycles. The van der Waals surface area contributed by atoms with Gasteiger partial charge in [-0.1, -0.05) is 0 Å². The predicted octanol–water partition coefficient (Wildman–Crippen LogP) is 5.54. The molecule has 0 saturated carbocycles. The fourth-order valence-corrected chi connectivity index (χ4v) is 3.29. The summed E-state index contributed by atoms with van der Waals surface area (Å²) in [6, 6.07) is 10.7. The van der Waals surface area contributed by atoms with Gasteiger partial charge in [0.1, 0.15) is 11.3 Å². The van der Waals surface area contributed by atoms with Crippen molar-refractivity contribution < 1.29 is 23.4 Å².